The van der Waals surface area contributed by atoms with Gasteiger partial charge in [-0.1, -0.05) is 133 Å². The molecule has 0 atom stereocenters. The van der Waals surface area contributed by atoms with Crippen molar-refractivity contribution in [3.8, 4) is 67.0 Å². The molecule has 9 aromatic rings. The van der Waals surface area contributed by atoms with E-state index in [0.29, 0.717) is 0 Å². The van der Waals surface area contributed by atoms with Gasteiger partial charge in [0.1, 0.15) is 0 Å². The van der Waals surface area contributed by atoms with Crippen LogP contribution in [0.3, 0.4) is 0 Å². The molecule has 0 bridgehead atoms. The van der Waals surface area contributed by atoms with Gasteiger partial charge in [-0.05, 0) is 152 Å². The molecular weight excluding hydrogens is 677 g/mol. The van der Waals surface area contributed by atoms with Crippen LogP contribution in [0, 0.1) is 0 Å². The summed E-state index contributed by atoms with van der Waals surface area (Å²) in [5, 5.41) is 4.82. The molecule has 266 valence electrons. The van der Waals surface area contributed by atoms with Crippen molar-refractivity contribution in [1.29, 1.82) is 0 Å². The molecule has 2 nitrogen and oxygen atoms in total. The quantitative estimate of drug-likeness (QED) is 0.116. The maximum absolute atomic E-state index is 4.71. The van der Waals surface area contributed by atoms with Crippen molar-refractivity contribution < 1.29 is 0 Å². The molecule has 0 saturated heterocycles. The fourth-order valence-corrected chi connectivity index (χ4v) is 7.87. The van der Waals surface area contributed by atoms with Crippen LogP contribution < -0.4 is 0 Å². The fraction of sp³-hybridized carbons (Fsp3) is 0.0370. The van der Waals surface area contributed by atoms with Crippen LogP contribution in [0.4, 0.5) is 0 Å². The molecule has 0 aliphatic heterocycles. The van der Waals surface area contributed by atoms with Gasteiger partial charge in [0, 0.05) is 23.5 Å². The average Bonchev–Trinajstić information content (AvgIpc) is 3.28. The van der Waals surface area contributed by atoms with Crippen LogP contribution >= 0.6 is 0 Å². The molecule has 0 aliphatic rings. The molecule has 56 heavy (non-hydrogen) atoms. The van der Waals surface area contributed by atoms with Gasteiger partial charge in [-0.25, -0.2) is 0 Å². The summed E-state index contributed by atoms with van der Waals surface area (Å²) in [6.45, 7) is 4.25. The lowest BCUT2D eigenvalue weighted by Gasteiger charge is -2.20. The van der Waals surface area contributed by atoms with Gasteiger partial charge in [0.2, 0.25) is 0 Å². The van der Waals surface area contributed by atoms with Crippen molar-refractivity contribution in [3.05, 3.63) is 212 Å². The van der Waals surface area contributed by atoms with Gasteiger partial charge in [-0.15, -0.1) is 0 Å². The Morgan fingerprint density at radius 2 is 0.893 bits per heavy atom. The van der Waals surface area contributed by atoms with E-state index in [9.17, 15) is 0 Å². The van der Waals surface area contributed by atoms with Crippen LogP contribution in [-0.2, 0) is 0 Å². The van der Waals surface area contributed by atoms with Crippen LogP contribution in [0.25, 0.3) is 94.1 Å². The molecule has 0 radical (unpaired) electrons. The summed E-state index contributed by atoms with van der Waals surface area (Å²) in [6, 6.07) is 63.4. The van der Waals surface area contributed by atoms with Crippen LogP contribution in [0.5, 0.6) is 0 Å². The highest BCUT2D eigenvalue weighted by molar-refractivity contribution is 6.22. The predicted molar refractivity (Wildman–Crippen MR) is 238 cm³/mol. The van der Waals surface area contributed by atoms with Crippen molar-refractivity contribution in [2.75, 3.05) is 0 Å². The topological polar surface area (TPSA) is 25.8 Å². The van der Waals surface area contributed by atoms with Gasteiger partial charge in [-0.3, -0.25) is 9.97 Å². The predicted octanol–water partition coefficient (Wildman–Crippen LogP) is 14.8. The van der Waals surface area contributed by atoms with Gasteiger partial charge in [0.25, 0.3) is 0 Å². The maximum Gasteiger partial charge on any atom is 0.0702 e. The number of rotatable bonds is 8. The molecule has 2 aromatic heterocycles. The first kappa shape index (κ1) is 34.6. The third-order valence-electron chi connectivity index (χ3n) is 10.6. The summed E-state index contributed by atoms with van der Waals surface area (Å²) in [4.78, 5) is 9.40. The number of allylic oxidation sites excluding steroid dienone is 4. The molecule has 0 amide bonds. The van der Waals surface area contributed by atoms with Crippen molar-refractivity contribution >= 4 is 27.1 Å². The second-order valence-electron chi connectivity index (χ2n) is 14.2. The highest BCUT2D eigenvalue weighted by Gasteiger charge is 2.19. The van der Waals surface area contributed by atoms with Crippen molar-refractivity contribution in [2.45, 2.75) is 13.8 Å². The number of hydrogen-bond acceptors (Lipinski definition) is 2. The number of hydrogen-bond donors (Lipinski definition) is 0. The normalized spacial score (nSPS) is 11.8. The van der Waals surface area contributed by atoms with E-state index in [2.05, 4.69) is 184 Å². The molecule has 0 fully saturated rings. The van der Waals surface area contributed by atoms with Crippen molar-refractivity contribution in [1.82, 2.24) is 9.97 Å². The van der Waals surface area contributed by atoms with Gasteiger partial charge < -0.3 is 0 Å². The third kappa shape index (κ3) is 6.74. The zero-order valence-electron chi connectivity index (χ0n) is 31.5. The molecule has 0 saturated carbocycles. The number of nitrogens with zero attached hydrogens (tertiary/aromatic N) is 2. The zero-order chi connectivity index (χ0) is 37.8. The van der Waals surface area contributed by atoms with Gasteiger partial charge in [-0.2, -0.15) is 0 Å². The van der Waals surface area contributed by atoms with E-state index >= 15 is 0 Å². The Morgan fingerprint density at radius 1 is 0.393 bits per heavy atom. The van der Waals surface area contributed by atoms with Gasteiger partial charge in [0.05, 0.1) is 11.4 Å². The fourth-order valence-electron chi connectivity index (χ4n) is 7.87. The Balaban J connectivity index is 1.34. The molecule has 0 aliphatic carbocycles. The standard InChI is InChI=1S/C54H40N2/c1-3-4-16-37(2)44-33-45(38-17-6-5-7-18-38)35-46(34-44)39-27-28-49-50(36-39)54(43-22-15-20-41(32-43)52-26-11-13-30-56-52)48-24-9-8-23-47(48)53(49)42-21-14-19-40(31-42)51-25-10-12-29-55-51/h3-36H,1-2H3/b4-3-,37-16+. The van der Waals surface area contributed by atoms with E-state index < -0.39 is 0 Å². The lowest BCUT2D eigenvalue weighted by molar-refractivity contribution is 1.33. The Kier molecular flexibility index (Phi) is 9.45. The second-order valence-corrected chi connectivity index (χ2v) is 14.2. The summed E-state index contributed by atoms with van der Waals surface area (Å²) in [6.07, 6.45) is 10.1. The van der Waals surface area contributed by atoms with Crippen LogP contribution in [0.15, 0.2) is 207 Å². The van der Waals surface area contributed by atoms with E-state index in [0.717, 1.165) is 33.6 Å². The molecule has 9 rings (SSSR count). The van der Waals surface area contributed by atoms with E-state index in [1.807, 2.05) is 36.7 Å². The summed E-state index contributed by atoms with van der Waals surface area (Å²) in [7, 11) is 0. The van der Waals surface area contributed by atoms with E-state index in [4.69, 9.17) is 9.97 Å². The molecule has 0 unspecified atom stereocenters. The van der Waals surface area contributed by atoms with E-state index in [1.165, 1.54) is 66.1 Å². The SMILES string of the molecule is C/C=C\C=C(/C)c1cc(-c2ccccc2)cc(-c2ccc3c(-c4cccc(-c5ccccn5)c4)c4ccccc4c(-c4cccc(-c5ccccn5)c4)c3c2)c1. The smallest absolute Gasteiger partial charge is 0.0702 e. The average molecular weight is 717 g/mol. The Hall–Kier alpha value is -7.16. The minimum absolute atomic E-state index is 0.957. The van der Waals surface area contributed by atoms with Gasteiger partial charge in [0.15, 0.2) is 0 Å². The highest BCUT2D eigenvalue weighted by atomic mass is 14.7. The van der Waals surface area contributed by atoms with E-state index in [1.54, 1.807) is 0 Å². The second kappa shape index (κ2) is 15.3. The summed E-state index contributed by atoms with van der Waals surface area (Å²) in [5.41, 5.74) is 16.0. The third-order valence-corrected chi connectivity index (χ3v) is 10.6. The van der Waals surface area contributed by atoms with Crippen molar-refractivity contribution in [2.24, 2.45) is 0 Å². The summed E-state index contributed by atoms with van der Waals surface area (Å²) in [5.74, 6) is 0. The Labute approximate surface area is 328 Å². The Morgan fingerprint density at radius 3 is 1.48 bits per heavy atom. The molecule has 0 spiro atoms. The lowest BCUT2D eigenvalue weighted by atomic mass is 9.84. The minimum Gasteiger partial charge on any atom is -0.256 e. The lowest BCUT2D eigenvalue weighted by Crippen LogP contribution is -1.93. The molecular formula is C54H40N2. The first-order valence-corrected chi connectivity index (χ1v) is 19.2. The first-order chi connectivity index (χ1) is 27.6. The zero-order valence-corrected chi connectivity index (χ0v) is 31.5. The van der Waals surface area contributed by atoms with Crippen LogP contribution in [-0.4, -0.2) is 9.97 Å². The molecule has 7 aromatic carbocycles. The first-order valence-electron chi connectivity index (χ1n) is 19.2. The minimum atomic E-state index is 0.957. The molecule has 2 heteroatoms. The Bertz CT molecular complexity index is 2910. The number of aromatic nitrogens is 2. The van der Waals surface area contributed by atoms with Crippen LogP contribution in [0.1, 0.15) is 19.4 Å². The number of fused-ring (bicyclic) bond motifs is 2. The highest BCUT2D eigenvalue weighted by Crippen LogP contribution is 2.46. The van der Waals surface area contributed by atoms with Gasteiger partial charge >= 0.3 is 0 Å². The number of pyridine rings is 2. The monoisotopic (exact) mass is 716 g/mol. The molecule has 0 N–H and O–H groups in total. The molecule has 2 heterocycles. The summed E-state index contributed by atoms with van der Waals surface area (Å²) < 4.78 is 0. The van der Waals surface area contributed by atoms with E-state index in [-0.39, 0.29) is 0 Å². The number of benzene rings is 7. The maximum atomic E-state index is 4.71. The van der Waals surface area contributed by atoms with Crippen molar-refractivity contribution in [3.63, 3.8) is 0 Å². The summed E-state index contributed by atoms with van der Waals surface area (Å²) >= 11 is 0. The largest absolute Gasteiger partial charge is 0.256 e. The van der Waals surface area contributed by atoms with Crippen LogP contribution in [0.2, 0.25) is 0 Å².